The van der Waals surface area contributed by atoms with E-state index in [0.717, 1.165) is 17.0 Å². The molecular formula is C13H19N3S. The molecule has 0 aliphatic heterocycles. The van der Waals surface area contributed by atoms with Crippen molar-refractivity contribution in [3.05, 3.63) is 29.3 Å². The standard InChI is InChI=1S/C13H19N3S/c1-10(9-17-3)16(2)13-5-4-11(7-14)6-12(13)8-15/h4-6,10H,7,9,14H2,1-3H3. The number of nitrogens with zero attached hydrogens (tertiary/aromatic N) is 2. The van der Waals surface area contributed by atoms with Crippen LogP contribution in [0.3, 0.4) is 0 Å². The highest BCUT2D eigenvalue weighted by molar-refractivity contribution is 7.98. The van der Waals surface area contributed by atoms with Crippen LogP contribution in [0, 0.1) is 11.3 Å². The van der Waals surface area contributed by atoms with Crippen molar-refractivity contribution in [2.24, 2.45) is 5.73 Å². The first-order valence-electron chi connectivity index (χ1n) is 5.58. The molecule has 0 saturated heterocycles. The lowest BCUT2D eigenvalue weighted by Crippen LogP contribution is -2.31. The van der Waals surface area contributed by atoms with Crippen LogP contribution >= 0.6 is 11.8 Å². The van der Waals surface area contributed by atoms with Crippen LogP contribution in [0.5, 0.6) is 0 Å². The molecule has 0 heterocycles. The number of nitrogens with two attached hydrogens (primary N) is 1. The van der Waals surface area contributed by atoms with Gasteiger partial charge < -0.3 is 10.6 Å². The Morgan fingerprint density at radius 3 is 2.76 bits per heavy atom. The molecule has 1 aromatic rings. The van der Waals surface area contributed by atoms with Crippen molar-refractivity contribution < 1.29 is 0 Å². The van der Waals surface area contributed by atoms with Crippen LogP contribution in [0.1, 0.15) is 18.1 Å². The van der Waals surface area contributed by atoms with Crippen molar-refractivity contribution >= 4 is 17.4 Å². The second kappa shape index (κ2) is 6.53. The predicted molar refractivity (Wildman–Crippen MR) is 75.3 cm³/mol. The smallest absolute Gasteiger partial charge is 0.101 e. The molecule has 0 spiro atoms. The van der Waals surface area contributed by atoms with Gasteiger partial charge in [-0.2, -0.15) is 17.0 Å². The molecule has 92 valence electrons. The molecule has 0 aliphatic carbocycles. The highest BCUT2D eigenvalue weighted by Gasteiger charge is 2.13. The summed E-state index contributed by atoms with van der Waals surface area (Å²) in [6, 6.07) is 8.49. The van der Waals surface area contributed by atoms with Crippen LogP contribution in [0.25, 0.3) is 0 Å². The van der Waals surface area contributed by atoms with Gasteiger partial charge in [-0.1, -0.05) is 6.07 Å². The summed E-state index contributed by atoms with van der Waals surface area (Å²) < 4.78 is 0. The fraction of sp³-hybridized carbons (Fsp3) is 0.462. The maximum Gasteiger partial charge on any atom is 0.101 e. The van der Waals surface area contributed by atoms with Gasteiger partial charge in [0.2, 0.25) is 0 Å². The zero-order chi connectivity index (χ0) is 12.8. The van der Waals surface area contributed by atoms with Crippen LogP contribution in [0.15, 0.2) is 18.2 Å². The molecule has 1 rings (SSSR count). The normalized spacial score (nSPS) is 11.9. The van der Waals surface area contributed by atoms with Crippen LogP contribution in [-0.4, -0.2) is 25.1 Å². The largest absolute Gasteiger partial charge is 0.370 e. The van der Waals surface area contributed by atoms with E-state index in [1.807, 2.05) is 37.0 Å². The number of hydrogen-bond acceptors (Lipinski definition) is 4. The molecule has 0 saturated carbocycles. The van der Waals surface area contributed by atoms with Gasteiger partial charge in [0, 0.05) is 25.4 Å². The Kier molecular flexibility index (Phi) is 5.33. The highest BCUT2D eigenvalue weighted by atomic mass is 32.2. The van der Waals surface area contributed by atoms with Gasteiger partial charge >= 0.3 is 0 Å². The molecule has 0 radical (unpaired) electrons. The van der Waals surface area contributed by atoms with E-state index in [9.17, 15) is 5.26 Å². The Bertz CT molecular complexity index is 412. The summed E-state index contributed by atoms with van der Waals surface area (Å²) in [7, 11) is 2.03. The van der Waals surface area contributed by atoms with E-state index in [2.05, 4.69) is 24.1 Å². The average molecular weight is 249 g/mol. The lowest BCUT2D eigenvalue weighted by molar-refractivity contribution is 0.764. The molecular weight excluding hydrogens is 230 g/mol. The minimum absolute atomic E-state index is 0.404. The van der Waals surface area contributed by atoms with Gasteiger partial charge in [0.1, 0.15) is 6.07 Å². The number of thioether (sulfide) groups is 1. The van der Waals surface area contributed by atoms with Crippen LogP contribution in [0.4, 0.5) is 5.69 Å². The summed E-state index contributed by atoms with van der Waals surface area (Å²) in [4.78, 5) is 2.15. The van der Waals surface area contributed by atoms with E-state index in [1.165, 1.54) is 0 Å². The van der Waals surface area contributed by atoms with E-state index < -0.39 is 0 Å². The van der Waals surface area contributed by atoms with Crippen molar-refractivity contribution in [3.8, 4) is 6.07 Å². The van der Waals surface area contributed by atoms with E-state index in [-0.39, 0.29) is 0 Å². The number of benzene rings is 1. The first-order valence-corrected chi connectivity index (χ1v) is 6.98. The summed E-state index contributed by atoms with van der Waals surface area (Å²) in [6.07, 6.45) is 2.09. The lowest BCUT2D eigenvalue weighted by Gasteiger charge is -2.27. The van der Waals surface area contributed by atoms with E-state index in [0.29, 0.717) is 18.2 Å². The molecule has 0 aliphatic rings. The molecule has 1 unspecified atom stereocenters. The Hall–Kier alpha value is -1.18. The van der Waals surface area contributed by atoms with Crippen molar-refractivity contribution in [2.45, 2.75) is 19.5 Å². The minimum atomic E-state index is 0.404. The Morgan fingerprint density at radius 1 is 1.53 bits per heavy atom. The fourth-order valence-corrected chi connectivity index (χ4v) is 2.40. The maximum absolute atomic E-state index is 9.18. The van der Waals surface area contributed by atoms with Crippen LogP contribution in [-0.2, 0) is 6.54 Å². The molecule has 17 heavy (non-hydrogen) atoms. The summed E-state index contributed by atoms with van der Waals surface area (Å²) in [5, 5.41) is 9.18. The second-order valence-electron chi connectivity index (χ2n) is 4.08. The quantitative estimate of drug-likeness (QED) is 0.869. The molecule has 4 heteroatoms. The van der Waals surface area contributed by atoms with Gasteiger partial charge in [0.05, 0.1) is 11.3 Å². The molecule has 0 aromatic heterocycles. The SMILES string of the molecule is CSCC(C)N(C)c1ccc(CN)cc1C#N. The summed E-state index contributed by atoms with van der Waals surface area (Å²) in [5.74, 6) is 1.04. The number of nitriles is 1. The van der Waals surface area contributed by atoms with Crippen molar-refractivity contribution in [3.63, 3.8) is 0 Å². The van der Waals surface area contributed by atoms with Gasteiger partial charge in [-0.3, -0.25) is 0 Å². The monoisotopic (exact) mass is 249 g/mol. The molecule has 0 fully saturated rings. The molecule has 0 bridgehead atoms. The minimum Gasteiger partial charge on any atom is -0.370 e. The van der Waals surface area contributed by atoms with Crippen molar-refractivity contribution in [1.82, 2.24) is 0 Å². The van der Waals surface area contributed by atoms with Crippen molar-refractivity contribution in [1.29, 1.82) is 5.26 Å². The Balaban J connectivity index is 3.01. The summed E-state index contributed by atoms with van der Waals surface area (Å²) >= 11 is 1.81. The van der Waals surface area contributed by atoms with E-state index in [4.69, 9.17) is 5.73 Å². The molecule has 1 aromatic carbocycles. The fourth-order valence-electron chi connectivity index (χ4n) is 1.70. The lowest BCUT2D eigenvalue weighted by atomic mass is 10.1. The number of rotatable bonds is 5. The van der Waals surface area contributed by atoms with Gasteiger partial charge in [0.25, 0.3) is 0 Å². The first-order chi connectivity index (χ1) is 8.13. The van der Waals surface area contributed by atoms with Gasteiger partial charge in [-0.15, -0.1) is 0 Å². The van der Waals surface area contributed by atoms with Crippen LogP contribution < -0.4 is 10.6 Å². The second-order valence-corrected chi connectivity index (χ2v) is 4.99. The highest BCUT2D eigenvalue weighted by Crippen LogP contribution is 2.23. The van der Waals surface area contributed by atoms with Crippen LogP contribution in [0.2, 0.25) is 0 Å². The van der Waals surface area contributed by atoms with E-state index in [1.54, 1.807) is 0 Å². The molecule has 0 amide bonds. The molecule has 2 N–H and O–H groups in total. The Morgan fingerprint density at radius 2 is 2.24 bits per heavy atom. The van der Waals surface area contributed by atoms with Crippen molar-refractivity contribution in [2.75, 3.05) is 24.0 Å². The zero-order valence-electron chi connectivity index (χ0n) is 10.6. The molecule has 1 atom stereocenters. The van der Waals surface area contributed by atoms with E-state index >= 15 is 0 Å². The summed E-state index contributed by atoms with van der Waals surface area (Å²) in [5.41, 5.74) is 8.25. The average Bonchev–Trinajstić information content (AvgIpc) is 2.37. The molecule has 3 nitrogen and oxygen atoms in total. The van der Waals surface area contributed by atoms with Gasteiger partial charge in [-0.25, -0.2) is 0 Å². The topological polar surface area (TPSA) is 53.0 Å². The van der Waals surface area contributed by atoms with Gasteiger partial charge in [0.15, 0.2) is 0 Å². The predicted octanol–water partition coefficient (Wildman–Crippen LogP) is 2.20. The third kappa shape index (κ3) is 3.39. The van der Waals surface area contributed by atoms with Gasteiger partial charge in [-0.05, 0) is 30.9 Å². The number of anilines is 1. The Labute approximate surface area is 108 Å². The third-order valence-electron chi connectivity index (χ3n) is 2.87. The maximum atomic E-state index is 9.18. The number of hydrogen-bond donors (Lipinski definition) is 1. The first kappa shape index (κ1) is 13.9. The summed E-state index contributed by atoms with van der Waals surface area (Å²) in [6.45, 7) is 2.63. The third-order valence-corrected chi connectivity index (χ3v) is 3.68. The zero-order valence-corrected chi connectivity index (χ0v) is 11.4.